The fourth-order valence-corrected chi connectivity index (χ4v) is 0.474. The number of allylic oxidation sites excluding steroid dienone is 1. The van der Waals surface area contributed by atoms with Crippen molar-refractivity contribution in [2.45, 2.75) is 6.92 Å². The summed E-state index contributed by atoms with van der Waals surface area (Å²) in [4.78, 5) is 10.6. The first-order chi connectivity index (χ1) is 4.09. The van der Waals surface area contributed by atoms with Crippen LogP contribution in [0.15, 0.2) is 10.5 Å². The second-order valence-corrected chi connectivity index (χ2v) is 2.11. The lowest BCUT2D eigenvalue weighted by Crippen LogP contribution is -2.13. The Morgan fingerprint density at radius 1 is 1.78 bits per heavy atom. The maximum Gasteiger partial charge on any atom is 0.260 e. The Morgan fingerprint density at radius 2 is 2.22 bits per heavy atom. The highest BCUT2D eigenvalue weighted by Crippen LogP contribution is 2.04. The summed E-state index contributed by atoms with van der Waals surface area (Å²) in [7, 11) is 0. The maximum absolute atomic E-state index is 10.3. The van der Waals surface area contributed by atoms with Gasteiger partial charge in [-0.25, -0.2) is 0 Å². The van der Waals surface area contributed by atoms with E-state index in [9.17, 15) is 4.79 Å². The molecule has 0 aliphatic carbocycles. The molecular formula is C5H6N2OS. The van der Waals surface area contributed by atoms with Crippen molar-refractivity contribution in [2.24, 2.45) is 5.73 Å². The molecule has 0 aliphatic rings. The second kappa shape index (κ2) is 3.15. The zero-order valence-electron chi connectivity index (χ0n) is 4.88. The number of carbonyl (C=O) groups excluding carboxylic acids is 1. The van der Waals surface area contributed by atoms with E-state index in [1.165, 1.54) is 6.92 Å². The van der Waals surface area contributed by atoms with Crippen LogP contribution in [0.25, 0.3) is 0 Å². The first kappa shape index (κ1) is 8.05. The zero-order valence-corrected chi connectivity index (χ0v) is 5.77. The molecule has 3 nitrogen and oxygen atoms in total. The number of carbonyl (C=O) groups is 1. The molecule has 0 saturated heterocycles. The van der Waals surface area contributed by atoms with Gasteiger partial charge >= 0.3 is 0 Å². The van der Waals surface area contributed by atoms with Crippen LogP contribution in [0.2, 0.25) is 0 Å². The quantitative estimate of drug-likeness (QED) is 0.312. The van der Waals surface area contributed by atoms with E-state index < -0.39 is 5.91 Å². The Balaban J connectivity index is 4.62. The number of rotatable bonds is 1. The number of hydrogen-bond donors (Lipinski definition) is 2. The van der Waals surface area contributed by atoms with Crippen LogP contribution in [0.3, 0.4) is 0 Å². The summed E-state index contributed by atoms with van der Waals surface area (Å²) in [6, 6.07) is 1.63. The van der Waals surface area contributed by atoms with Gasteiger partial charge in [0, 0.05) is 4.91 Å². The SMILES string of the molecule is C/C(S)=C(\C#N)C(N)=O. The summed E-state index contributed by atoms with van der Waals surface area (Å²) in [5.41, 5.74) is 4.70. The van der Waals surface area contributed by atoms with Gasteiger partial charge in [-0.15, -0.1) is 12.6 Å². The van der Waals surface area contributed by atoms with E-state index in [-0.39, 0.29) is 5.57 Å². The van der Waals surface area contributed by atoms with Crippen LogP contribution in [-0.4, -0.2) is 5.91 Å². The number of nitrogens with two attached hydrogens (primary N) is 1. The van der Waals surface area contributed by atoms with Gasteiger partial charge in [0.2, 0.25) is 0 Å². The van der Waals surface area contributed by atoms with Crippen LogP contribution in [0.1, 0.15) is 6.92 Å². The molecule has 0 rings (SSSR count). The van der Waals surface area contributed by atoms with Gasteiger partial charge in [-0.3, -0.25) is 4.79 Å². The van der Waals surface area contributed by atoms with E-state index in [1.54, 1.807) is 6.07 Å². The van der Waals surface area contributed by atoms with Gasteiger partial charge in [0.05, 0.1) is 0 Å². The van der Waals surface area contributed by atoms with Crippen LogP contribution in [0.4, 0.5) is 0 Å². The van der Waals surface area contributed by atoms with Gasteiger partial charge in [-0.1, -0.05) is 0 Å². The average Bonchev–Trinajstić information content (AvgIpc) is 1.64. The Hall–Kier alpha value is -0.950. The minimum atomic E-state index is -0.731. The van der Waals surface area contributed by atoms with Gasteiger partial charge in [0.1, 0.15) is 11.6 Å². The maximum atomic E-state index is 10.3. The van der Waals surface area contributed by atoms with Crippen LogP contribution in [0.5, 0.6) is 0 Å². The Kier molecular flexibility index (Phi) is 2.82. The number of hydrogen-bond acceptors (Lipinski definition) is 3. The molecule has 1 amide bonds. The molecule has 0 aromatic rings. The van der Waals surface area contributed by atoms with Gasteiger partial charge in [0.25, 0.3) is 5.91 Å². The van der Waals surface area contributed by atoms with Crippen molar-refractivity contribution in [3.8, 4) is 6.07 Å². The zero-order chi connectivity index (χ0) is 7.44. The molecule has 48 valence electrons. The molecule has 0 saturated carbocycles. The molecule has 0 spiro atoms. The second-order valence-electron chi connectivity index (χ2n) is 1.44. The number of amides is 1. The first-order valence-corrected chi connectivity index (χ1v) is 2.64. The highest BCUT2D eigenvalue weighted by Gasteiger charge is 2.03. The van der Waals surface area contributed by atoms with Crippen LogP contribution in [0, 0.1) is 11.3 Å². The molecule has 0 radical (unpaired) electrons. The van der Waals surface area contributed by atoms with E-state index in [0.29, 0.717) is 4.91 Å². The minimum Gasteiger partial charge on any atom is -0.365 e. The number of thiol groups is 1. The molecule has 0 aliphatic heterocycles. The van der Waals surface area contributed by atoms with Crippen molar-refractivity contribution in [3.05, 3.63) is 10.5 Å². The molecule has 0 heterocycles. The topological polar surface area (TPSA) is 66.9 Å². The predicted molar refractivity (Wildman–Crippen MR) is 36.5 cm³/mol. The molecule has 0 bridgehead atoms. The van der Waals surface area contributed by atoms with Crippen molar-refractivity contribution in [1.29, 1.82) is 5.26 Å². The summed E-state index contributed by atoms with van der Waals surface area (Å²) in [6.45, 7) is 1.53. The highest BCUT2D eigenvalue weighted by atomic mass is 32.1. The fraction of sp³-hybridized carbons (Fsp3) is 0.200. The molecule has 9 heavy (non-hydrogen) atoms. The normalized spacial score (nSPS) is 11.7. The van der Waals surface area contributed by atoms with E-state index in [1.807, 2.05) is 0 Å². The summed E-state index contributed by atoms with van der Waals surface area (Å²) in [5.74, 6) is -0.731. The molecule has 0 aromatic heterocycles. The Labute approximate surface area is 58.6 Å². The summed E-state index contributed by atoms with van der Waals surface area (Å²) in [5, 5.41) is 8.21. The minimum absolute atomic E-state index is 0.0849. The molecule has 0 aromatic carbocycles. The van der Waals surface area contributed by atoms with Gasteiger partial charge in [-0.2, -0.15) is 5.26 Å². The number of nitrogens with zero attached hydrogens (tertiary/aromatic N) is 1. The van der Waals surface area contributed by atoms with Crippen molar-refractivity contribution in [2.75, 3.05) is 0 Å². The molecule has 2 N–H and O–H groups in total. The molecule has 4 heteroatoms. The third-order valence-electron chi connectivity index (χ3n) is 0.720. The van der Waals surface area contributed by atoms with Crippen molar-refractivity contribution < 1.29 is 4.79 Å². The summed E-state index contributed by atoms with van der Waals surface area (Å²) < 4.78 is 0. The third-order valence-corrected chi connectivity index (χ3v) is 0.944. The van der Waals surface area contributed by atoms with E-state index >= 15 is 0 Å². The lowest BCUT2D eigenvalue weighted by atomic mass is 10.3. The van der Waals surface area contributed by atoms with Crippen molar-refractivity contribution in [3.63, 3.8) is 0 Å². The standard InChI is InChI=1S/C5H6N2OS/c1-3(9)4(2-6)5(7)8/h9H,1H3,(H2,7,8)/b4-3-. The van der Waals surface area contributed by atoms with Crippen molar-refractivity contribution in [1.82, 2.24) is 0 Å². The number of nitriles is 1. The fourth-order valence-electron chi connectivity index (χ4n) is 0.314. The summed E-state index contributed by atoms with van der Waals surface area (Å²) in [6.07, 6.45) is 0. The Morgan fingerprint density at radius 3 is 2.22 bits per heavy atom. The average molecular weight is 142 g/mol. The highest BCUT2D eigenvalue weighted by molar-refractivity contribution is 7.84. The summed E-state index contributed by atoms with van der Waals surface area (Å²) >= 11 is 3.77. The predicted octanol–water partition coefficient (Wildman–Crippen LogP) is 0.199. The number of primary amides is 1. The first-order valence-electron chi connectivity index (χ1n) is 2.19. The molecule has 0 fully saturated rings. The van der Waals surface area contributed by atoms with Crippen LogP contribution in [-0.2, 0) is 4.79 Å². The molecule has 0 atom stereocenters. The Bertz CT molecular complexity index is 197. The van der Waals surface area contributed by atoms with Crippen molar-refractivity contribution >= 4 is 18.5 Å². The monoisotopic (exact) mass is 142 g/mol. The molecule has 0 unspecified atom stereocenters. The largest absolute Gasteiger partial charge is 0.365 e. The lowest BCUT2D eigenvalue weighted by molar-refractivity contribution is -0.114. The van der Waals surface area contributed by atoms with E-state index in [0.717, 1.165) is 0 Å². The van der Waals surface area contributed by atoms with E-state index in [2.05, 4.69) is 12.6 Å². The smallest absolute Gasteiger partial charge is 0.260 e. The lowest BCUT2D eigenvalue weighted by Gasteiger charge is -1.90. The van der Waals surface area contributed by atoms with Crippen LogP contribution < -0.4 is 5.73 Å². The van der Waals surface area contributed by atoms with E-state index in [4.69, 9.17) is 11.0 Å². The molecular weight excluding hydrogens is 136 g/mol. The van der Waals surface area contributed by atoms with Gasteiger partial charge in [-0.05, 0) is 6.92 Å². The van der Waals surface area contributed by atoms with Gasteiger partial charge in [0.15, 0.2) is 0 Å². The third kappa shape index (κ3) is 2.20. The van der Waals surface area contributed by atoms with Gasteiger partial charge < -0.3 is 5.73 Å². The van der Waals surface area contributed by atoms with Crippen LogP contribution >= 0.6 is 12.6 Å².